The molecule has 3 rings (SSSR count). The van der Waals surface area contributed by atoms with Gasteiger partial charge in [-0.25, -0.2) is 9.59 Å². The summed E-state index contributed by atoms with van der Waals surface area (Å²) >= 11 is 0. The number of pyridine rings is 1. The van der Waals surface area contributed by atoms with Crippen LogP contribution in [0.25, 0.3) is 0 Å². The number of hydrogen-bond acceptors (Lipinski definition) is 5. The topological polar surface area (TPSA) is 144 Å². The fourth-order valence-electron chi connectivity index (χ4n) is 2.34. The summed E-state index contributed by atoms with van der Waals surface area (Å²) < 4.78 is 0. The van der Waals surface area contributed by atoms with Gasteiger partial charge in [0.05, 0.1) is 0 Å². The molecule has 3 aromatic heterocycles. The Hall–Kier alpha value is -3.49. The molecule has 0 spiro atoms. The van der Waals surface area contributed by atoms with E-state index in [0.717, 1.165) is 0 Å². The van der Waals surface area contributed by atoms with E-state index < -0.39 is 28.4 Å². The standard InChI is InChI=1S/C14H11N5O4/c20-11-8(5-16-13(22)18-11)10(7-2-1-3-15-4-7)9-6-17-14(23)19-12(9)21/h1-6,10H,(H2,16,18,20,22)(H2,17,19,21,23). The van der Waals surface area contributed by atoms with E-state index in [1.165, 1.54) is 18.6 Å². The Kier molecular flexibility index (Phi) is 3.59. The number of aromatic amines is 4. The molecular weight excluding hydrogens is 302 g/mol. The fourth-order valence-corrected chi connectivity index (χ4v) is 2.34. The van der Waals surface area contributed by atoms with E-state index in [1.54, 1.807) is 18.3 Å². The predicted octanol–water partition coefficient (Wildman–Crippen LogP) is -0.985. The number of nitrogens with zero attached hydrogens (tertiary/aromatic N) is 1. The Bertz CT molecular complexity index is 993. The van der Waals surface area contributed by atoms with Gasteiger partial charge in [-0.1, -0.05) is 6.07 Å². The Labute approximate surface area is 127 Å². The SMILES string of the molecule is O=c1[nH]cc(C(c2cccnc2)c2c[nH]c(=O)[nH]c2=O)c(=O)[nH]1. The highest BCUT2D eigenvalue weighted by Gasteiger charge is 2.23. The quantitative estimate of drug-likeness (QED) is 0.491. The highest BCUT2D eigenvalue weighted by molar-refractivity contribution is 5.38. The predicted molar refractivity (Wildman–Crippen MR) is 80.5 cm³/mol. The van der Waals surface area contributed by atoms with Crippen LogP contribution in [0, 0.1) is 0 Å². The van der Waals surface area contributed by atoms with Crippen LogP contribution in [0.4, 0.5) is 0 Å². The second-order valence-electron chi connectivity index (χ2n) is 4.77. The number of rotatable bonds is 3. The second kappa shape index (κ2) is 5.72. The summed E-state index contributed by atoms with van der Waals surface area (Å²) in [6.07, 6.45) is 5.53. The van der Waals surface area contributed by atoms with Gasteiger partial charge in [0.15, 0.2) is 0 Å². The van der Waals surface area contributed by atoms with E-state index in [-0.39, 0.29) is 11.1 Å². The molecule has 0 unspecified atom stereocenters. The number of hydrogen-bond donors (Lipinski definition) is 4. The number of aromatic nitrogens is 5. The van der Waals surface area contributed by atoms with Crippen LogP contribution in [0.15, 0.2) is 56.1 Å². The summed E-state index contributed by atoms with van der Waals surface area (Å²) in [5, 5.41) is 0. The van der Waals surface area contributed by atoms with Crippen molar-refractivity contribution in [3.05, 3.63) is 95.3 Å². The van der Waals surface area contributed by atoms with Crippen molar-refractivity contribution in [1.82, 2.24) is 24.9 Å². The van der Waals surface area contributed by atoms with Crippen molar-refractivity contribution in [3.8, 4) is 0 Å². The van der Waals surface area contributed by atoms with Gasteiger partial charge in [0, 0.05) is 41.8 Å². The molecule has 0 aromatic carbocycles. The number of H-pyrrole nitrogens is 4. The molecule has 0 fully saturated rings. The summed E-state index contributed by atoms with van der Waals surface area (Å²) in [5.74, 6) is -0.801. The molecule has 0 bridgehead atoms. The first-order valence-corrected chi connectivity index (χ1v) is 6.60. The van der Waals surface area contributed by atoms with Gasteiger partial charge in [0.1, 0.15) is 0 Å². The molecule has 0 aliphatic rings. The van der Waals surface area contributed by atoms with Crippen molar-refractivity contribution in [2.45, 2.75) is 5.92 Å². The van der Waals surface area contributed by atoms with Gasteiger partial charge < -0.3 is 9.97 Å². The average Bonchev–Trinajstić information content (AvgIpc) is 2.52. The van der Waals surface area contributed by atoms with Crippen LogP contribution >= 0.6 is 0 Å². The van der Waals surface area contributed by atoms with Crippen molar-refractivity contribution in [2.75, 3.05) is 0 Å². The first-order valence-electron chi connectivity index (χ1n) is 6.60. The highest BCUT2D eigenvalue weighted by Crippen LogP contribution is 2.25. The molecule has 3 aromatic rings. The molecule has 0 radical (unpaired) electrons. The lowest BCUT2D eigenvalue weighted by Gasteiger charge is -2.15. The lowest BCUT2D eigenvalue weighted by atomic mass is 9.89. The van der Waals surface area contributed by atoms with E-state index >= 15 is 0 Å². The van der Waals surface area contributed by atoms with Crippen molar-refractivity contribution < 1.29 is 0 Å². The zero-order valence-corrected chi connectivity index (χ0v) is 11.6. The Morgan fingerprint density at radius 3 is 1.87 bits per heavy atom. The molecule has 9 heteroatoms. The summed E-state index contributed by atoms with van der Waals surface area (Å²) in [4.78, 5) is 59.6. The van der Waals surface area contributed by atoms with Crippen LogP contribution in [-0.4, -0.2) is 24.9 Å². The van der Waals surface area contributed by atoms with Gasteiger partial charge >= 0.3 is 11.4 Å². The molecule has 23 heavy (non-hydrogen) atoms. The molecule has 0 aliphatic heterocycles. The Morgan fingerprint density at radius 1 is 0.870 bits per heavy atom. The molecule has 0 aliphatic carbocycles. The van der Waals surface area contributed by atoms with Crippen molar-refractivity contribution >= 4 is 0 Å². The maximum absolute atomic E-state index is 12.1. The van der Waals surface area contributed by atoms with Gasteiger partial charge in [-0.15, -0.1) is 0 Å². The van der Waals surface area contributed by atoms with Crippen LogP contribution in [0.3, 0.4) is 0 Å². The van der Waals surface area contributed by atoms with Crippen LogP contribution in [0.1, 0.15) is 22.6 Å². The van der Waals surface area contributed by atoms with Crippen molar-refractivity contribution in [1.29, 1.82) is 0 Å². The molecule has 4 N–H and O–H groups in total. The van der Waals surface area contributed by atoms with Gasteiger partial charge in [0.2, 0.25) is 0 Å². The van der Waals surface area contributed by atoms with Gasteiger partial charge in [0.25, 0.3) is 11.1 Å². The van der Waals surface area contributed by atoms with E-state index in [9.17, 15) is 19.2 Å². The fraction of sp³-hybridized carbons (Fsp3) is 0.0714. The molecule has 116 valence electrons. The van der Waals surface area contributed by atoms with Crippen molar-refractivity contribution in [3.63, 3.8) is 0 Å². The molecule has 0 amide bonds. The molecule has 9 nitrogen and oxygen atoms in total. The maximum atomic E-state index is 12.1. The van der Waals surface area contributed by atoms with E-state index in [1.807, 2.05) is 0 Å². The molecule has 0 saturated carbocycles. The molecule has 0 atom stereocenters. The molecule has 3 heterocycles. The first-order chi connectivity index (χ1) is 11.1. The van der Waals surface area contributed by atoms with Gasteiger partial charge in [-0.2, -0.15) is 0 Å². The monoisotopic (exact) mass is 313 g/mol. The summed E-state index contributed by atoms with van der Waals surface area (Å²) in [6, 6.07) is 3.34. The Morgan fingerprint density at radius 2 is 1.43 bits per heavy atom. The normalized spacial score (nSPS) is 10.8. The largest absolute Gasteiger partial charge is 0.325 e. The summed E-state index contributed by atoms with van der Waals surface area (Å²) in [7, 11) is 0. The first kappa shape index (κ1) is 14.4. The minimum atomic E-state index is -0.801. The van der Waals surface area contributed by atoms with Crippen molar-refractivity contribution in [2.24, 2.45) is 0 Å². The molecular formula is C14H11N5O4. The third-order valence-corrected chi connectivity index (χ3v) is 3.34. The number of nitrogens with one attached hydrogen (secondary N) is 4. The maximum Gasteiger partial charge on any atom is 0.325 e. The summed E-state index contributed by atoms with van der Waals surface area (Å²) in [6.45, 7) is 0. The van der Waals surface area contributed by atoms with E-state index in [4.69, 9.17) is 0 Å². The zero-order valence-electron chi connectivity index (χ0n) is 11.6. The van der Waals surface area contributed by atoms with Crippen LogP contribution in [-0.2, 0) is 0 Å². The lowest BCUT2D eigenvalue weighted by Crippen LogP contribution is -2.31. The van der Waals surface area contributed by atoms with E-state index in [0.29, 0.717) is 5.56 Å². The van der Waals surface area contributed by atoms with Crippen LogP contribution in [0.2, 0.25) is 0 Å². The van der Waals surface area contributed by atoms with E-state index in [2.05, 4.69) is 24.9 Å². The highest BCUT2D eigenvalue weighted by atomic mass is 16.2. The zero-order chi connectivity index (χ0) is 16.4. The Balaban J connectivity index is 2.31. The summed E-state index contributed by atoms with van der Waals surface area (Å²) in [5.41, 5.74) is -1.72. The second-order valence-corrected chi connectivity index (χ2v) is 4.77. The average molecular weight is 313 g/mol. The third-order valence-electron chi connectivity index (χ3n) is 3.34. The smallest absolute Gasteiger partial charge is 0.314 e. The molecule has 0 saturated heterocycles. The van der Waals surface area contributed by atoms with Crippen LogP contribution in [0.5, 0.6) is 0 Å². The van der Waals surface area contributed by atoms with Crippen LogP contribution < -0.4 is 22.5 Å². The third kappa shape index (κ3) is 2.79. The minimum Gasteiger partial charge on any atom is -0.314 e. The lowest BCUT2D eigenvalue weighted by molar-refractivity contribution is 0.854. The van der Waals surface area contributed by atoms with Gasteiger partial charge in [-0.05, 0) is 11.6 Å². The van der Waals surface area contributed by atoms with Gasteiger partial charge in [-0.3, -0.25) is 24.5 Å². The minimum absolute atomic E-state index is 0.148.